The van der Waals surface area contributed by atoms with E-state index in [2.05, 4.69) is 5.32 Å². The van der Waals surface area contributed by atoms with E-state index >= 15 is 0 Å². The summed E-state index contributed by atoms with van der Waals surface area (Å²) in [6.07, 6.45) is 2.05. The maximum atomic E-state index is 12.2. The number of hydrogen-bond donors (Lipinski definition) is 1. The Balaban J connectivity index is 1.52. The number of esters is 1. The average molecular weight is 345 g/mol. The second kappa shape index (κ2) is 8.08. The highest BCUT2D eigenvalue weighted by Gasteiger charge is 2.19. The zero-order valence-corrected chi connectivity index (χ0v) is 14.0. The molecule has 1 amide bonds. The molecule has 1 aliphatic heterocycles. The van der Waals surface area contributed by atoms with Crippen LogP contribution in [0.5, 0.6) is 0 Å². The summed E-state index contributed by atoms with van der Waals surface area (Å²) in [6, 6.07) is 11.5. The minimum Gasteiger partial charge on any atom is -0.451 e. The van der Waals surface area contributed by atoms with Crippen molar-refractivity contribution in [1.29, 1.82) is 0 Å². The quantitative estimate of drug-likeness (QED) is 0.818. The molecule has 0 spiro atoms. The number of benzene rings is 1. The molecular weight excluding hydrogens is 326 g/mol. The molecular formula is C18H19NO4S. The lowest BCUT2D eigenvalue weighted by atomic mass is 10.1. The lowest BCUT2D eigenvalue weighted by molar-refractivity contribution is -0.124. The van der Waals surface area contributed by atoms with Gasteiger partial charge in [-0.15, -0.1) is 11.3 Å². The predicted molar refractivity (Wildman–Crippen MR) is 92.0 cm³/mol. The number of hydrogen-bond acceptors (Lipinski definition) is 5. The van der Waals surface area contributed by atoms with Gasteiger partial charge in [0, 0.05) is 18.7 Å². The summed E-state index contributed by atoms with van der Waals surface area (Å²) in [5.74, 6) is -0.784. The first-order valence-electron chi connectivity index (χ1n) is 7.92. The third-order valence-electron chi connectivity index (χ3n) is 3.82. The lowest BCUT2D eigenvalue weighted by Crippen LogP contribution is -2.34. The number of carbonyl (C=O) groups excluding carboxylic acids is 2. The zero-order valence-electron chi connectivity index (χ0n) is 13.2. The largest absolute Gasteiger partial charge is 0.451 e. The number of carbonyl (C=O) groups is 2. The summed E-state index contributed by atoms with van der Waals surface area (Å²) in [4.78, 5) is 24.5. The van der Waals surface area contributed by atoms with Gasteiger partial charge in [-0.25, -0.2) is 4.79 Å². The molecule has 6 heteroatoms. The Labute approximate surface area is 144 Å². The van der Waals surface area contributed by atoms with Gasteiger partial charge < -0.3 is 14.8 Å². The molecule has 1 saturated heterocycles. The van der Waals surface area contributed by atoms with Crippen LogP contribution in [0.3, 0.4) is 0 Å². The van der Waals surface area contributed by atoms with Crippen LogP contribution in [0, 0.1) is 0 Å². The molecule has 1 atom stereocenters. The molecule has 1 N–H and O–H groups in total. The molecule has 1 fully saturated rings. The monoisotopic (exact) mass is 345 g/mol. The van der Waals surface area contributed by atoms with E-state index in [-0.39, 0.29) is 18.6 Å². The highest BCUT2D eigenvalue weighted by molar-refractivity contribution is 7.12. The molecule has 1 aromatic heterocycles. The second-order valence-electron chi connectivity index (χ2n) is 5.54. The fraction of sp³-hybridized carbons (Fsp3) is 0.333. The molecule has 5 nitrogen and oxygen atoms in total. The van der Waals surface area contributed by atoms with Crippen LogP contribution >= 0.6 is 11.3 Å². The maximum absolute atomic E-state index is 12.2. The Morgan fingerprint density at radius 3 is 2.83 bits per heavy atom. The van der Waals surface area contributed by atoms with Crippen molar-refractivity contribution in [1.82, 2.24) is 5.32 Å². The van der Waals surface area contributed by atoms with Crippen LogP contribution in [0.1, 0.15) is 22.5 Å². The molecule has 1 aromatic carbocycles. The van der Waals surface area contributed by atoms with Crippen LogP contribution in [-0.2, 0) is 14.3 Å². The zero-order chi connectivity index (χ0) is 16.8. The number of amides is 1. The molecule has 0 bridgehead atoms. The lowest BCUT2D eigenvalue weighted by Gasteiger charge is -2.11. The second-order valence-corrected chi connectivity index (χ2v) is 6.46. The molecule has 1 unspecified atom stereocenters. The van der Waals surface area contributed by atoms with Gasteiger partial charge in [0.2, 0.25) is 0 Å². The van der Waals surface area contributed by atoms with Crippen molar-refractivity contribution in [2.45, 2.75) is 18.9 Å². The van der Waals surface area contributed by atoms with Gasteiger partial charge in [0.05, 0.1) is 6.10 Å². The van der Waals surface area contributed by atoms with Crippen molar-refractivity contribution < 1.29 is 19.1 Å². The minimum absolute atomic E-state index is 0.0756. The number of rotatable bonds is 6. The van der Waals surface area contributed by atoms with Crippen molar-refractivity contribution in [3.05, 3.63) is 46.7 Å². The van der Waals surface area contributed by atoms with Crippen molar-refractivity contribution in [2.24, 2.45) is 0 Å². The van der Waals surface area contributed by atoms with E-state index in [9.17, 15) is 9.59 Å². The van der Waals surface area contributed by atoms with Crippen LogP contribution in [0.4, 0.5) is 0 Å². The Kier molecular flexibility index (Phi) is 5.61. The van der Waals surface area contributed by atoms with Crippen molar-refractivity contribution in [3.63, 3.8) is 0 Å². The minimum atomic E-state index is -0.476. The summed E-state index contributed by atoms with van der Waals surface area (Å²) in [5, 5.41) is 4.58. The molecule has 0 aliphatic carbocycles. The Hall–Kier alpha value is -2.18. The SMILES string of the molecule is O=C(COC(=O)c1sccc1-c1ccccc1)NCC1CCCO1. The summed E-state index contributed by atoms with van der Waals surface area (Å²) < 4.78 is 10.6. The smallest absolute Gasteiger partial charge is 0.349 e. The van der Waals surface area contributed by atoms with E-state index < -0.39 is 5.97 Å². The van der Waals surface area contributed by atoms with E-state index in [1.165, 1.54) is 11.3 Å². The van der Waals surface area contributed by atoms with Gasteiger partial charge in [-0.3, -0.25) is 4.79 Å². The van der Waals surface area contributed by atoms with Gasteiger partial charge in [0.15, 0.2) is 6.61 Å². The number of thiophene rings is 1. The highest BCUT2D eigenvalue weighted by atomic mass is 32.1. The Morgan fingerprint density at radius 2 is 2.08 bits per heavy atom. The fourth-order valence-corrected chi connectivity index (χ4v) is 3.40. The Morgan fingerprint density at radius 1 is 1.25 bits per heavy atom. The van der Waals surface area contributed by atoms with Crippen LogP contribution in [0.25, 0.3) is 11.1 Å². The molecule has 3 rings (SSSR count). The normalized spacial score (nSPS) is 16.8. The van der Waals surface area contributed by atoms with Gasteiger partial charge in [-0.05, 0) is 29.9 Å². The van der Waals surface area contributed by atoms with Crippen LogP contribution in [0.2, 0.25) is 0 Å². The average Bonchev–Trinajstić information content (AvgIpc) is 3.30. The van der Waals surface area contributed by atoms with Crippen LogP contribution in [0.15, 0.2) is 41.8 Å². The molecule has 0 saturated carbocycles. The molecule has 2 aromatic rings. The maximum Gasteiger partial charge on any atom is 0.349 e. The molecule has 1 aliphatic rings. The van der Waals surface area contributed by atoms with Gasteiger partial charge in [-0.1, -0.05) is 30.3 Å². The molecule has 0 radical (unpaired) electrons. The Bertz CT molecular complexity index is 692. The van der Waals surface area contributed by atoms with Crippen LogP contribution in [-0.4, -0.2) is 37.7 Å². The molecule has 24 heavy (non-hydrogen) atoms. The topological polar surface area (TPSA) is 64.6 Å². The van der Waals surface area contributed by atoms with E-state index in [1.54, 1.807) is 0 Å². The van der Waals surface area contributed by atoms with Gasteiger partial charge >= 0.3 is 5.97 Å². The van der Waals surface area contributed by atoms with Gasteiger partial charge in [0.1, 0.15) is 4.88 Å². The van der Waals surface area contributed by atoms with E-state index in [1.807, 2.05) is 41.8 Å². The highest BCUT2D eigenvalue weighted by Crippen LogP contribution is 2.28. The van der Waals surface area contributed by atoms with Crippen LogP contribution < -0.4 is 5.32 Å². The van der Waals surface area contributed by atoms with Crippen molar-refractivity contribution in [3.8, 4) is 11.1 Å². The summed E-state index contributed by atoms with van der Waals surface area (Å²) >= 11 is 1.31. The molecule has 126 valence electrons. The summed E-state index contributed by atoms with van der Waals surface area (Å²) in [7, 11) is 0. The standard InChI is InChI=1S/C18H19NO4S/c20-16(19-11-14-7-4-9-22-14)12-23-18(21)17-15(8-10-24-17)13-5-2-1-3-6-13/h1-3,5-6,8,10,14H,4,7,9,11-12H2,(H,19,20). The van der Waals surface area contributed by atoms with Crippen molar-refractivity contribution >= 4 is 23.2 Å². The number of nitrogens with one attached hydrogen (secondary N) is 1. The summed E-state index contributed by atoms with van der Waals surface area (Å²) in [5.41, 5.74) is 1.78. The van der Waals surface area contributed by atoms with E-state index in [0.29, 0.717) is 11.4 Å². The molecule has 2 heterocycles. The third-order valence-corrected chi connectivity index (χ3v) is 4.72. The van der Waals surface area contributed by atoms with Gasteiger partial charge in [-0.2, -0.15) is 0 Å². The number of ether oxygens (including phenoxy) is 2. The first kappa shape index (κ1) is 16.7. The summed E-state index contributed by atoms with van der Waals surface area (Å²) in [6.45, 7) is 0.929. The van der Waals surface area contributed by atoms with Crippen molar-refractivity contribution in [2.75, 3.05) is 19.8 Å². The first-order chi connectivity index (χ1) is 11.7. The fourth-order valence-electron chi connectivity index (χ4n) is 2.59. The first-order valence-corrected chi connectivity index (χ1v) is 8.80. The third kappa shape index (κ3) is 4.21. The van der Waals surface area contributed by atoms with Gasteiger partial charge in [0.25, 0.3) is 5.91 Å². The van der Waals surface area contributed by atoms with E-state index in [4.69, 9.17) is 9.47 Å². The predicted octanol–water partition coefficient (Wildman–Crippen LogP) is 2.87. The van der Waals surface area contributed by atoms with E-state index in [0.717, 1.165) is 30.6 Å².